The molecule has 2 rings (SSSR count). The van der Waals surface area contributed by atoms with Crippen molar-refractivity contribution in [1.29, 1.82) is 0 Å². The molecule has 0 atom stereocenters. The molecule has 2 aliphatic heterocycles. The molecule has 148 valence electrons. The number of nitrogens with one attached hydrogen (secondary N) is 2. The van der Waals surface area contributed by atoms with Crippen LogP contribution in [0.15, 0.2) is 0 Å². The first-order chi connectivity index (χ1) is 12.5. The van der Waals surface area contributed by atoms with E-state index in [1.807, 2.05) is 0 Å². The van der Waals surface area contributed by atoms with Crippen LogP contribution in [0.25, 0.3) is 0 Å². The predicted molar refractivity (Wildman–Crippen MR) is 95.6 cm³/mol. The fraction of sp³-hybridized carbons (Fsp3) is 0.833. The molecule has 0 unspecified atom stereocenters. The Hall–Kier alpha value is -1.67. The molecule has 0 radical (unpaired) electrons. The highest BCUT2D eigenvalue weighted by Gasteiger charge is 2.23. The molecular weight excluding hydrogens is 338 g/mol. The Morgan fingerprint density at radius 3 is 2.46 bits per heavy atom. The molecule has 3 N–H and O–H groups in total. The Bertz CT molecular complexity index is 471. The van der Waals surface area contributed by atoms with E-state index in [1.165, 1.54) is 12.8 Å². The molecule has 2 heterocycles. The number of nitrogens with zero attached hydrogens (tertiary/aromatic N) is 1. The van der Waals surface area contributed by atoms with Crippen LogP contribution >= 0.6 is 0 Å². The van der Waals surface area contributed by atoms with Gasteiger partial charge in [-0.1, -0.05) is 0 Å². The summed E-state index contributed by atoms with van der Waals surface area (Å²) in [7, 11) is 0. The number of carbonyl (C=O) groups is 3. The molecule has 0 saturated carbocycles. The van der Waals surface area contributed by atoms with Crippen LogP contribution in [-0.4, -0.2) is 73.2 Å². The number of hydrogen-bond donors (Lipinski definition) is 3. The van der Waals surface area contributed by atoms with Gasteiger partial charge >= 0.3 is 5.97 Å². The van der Waals surface area contributed by atoms with Crippen LogP contribution in [0.4, 0.5) is 0 Å². The molecule has 0 aromatic heterocycles. The van der Waals surface area contributed by atoms with Crippen LogP contribution in [0.5, 0.6) is 0 Å². The lowest BCUT2D eigenvalue weighted by Crippen LogP contribution is -2.45. The van der Waals surface area contributed by atoms with Gasteiger partial charge < -0.3 is 25.4 Å². The number of aliphatic carboxylic acids is 1. The molecule has 0 aliphatic carbocycles. The van der Waals surface area contributed by atoms with Gasteiger partial charge in [0.2, 0.25) is 11.8 Å². The number of ether oxygens (including phenoxy) is 1. The van der Waals surface area contributed by atoms with E-state index >= 15 is 0 Å². The maximum Gasteiger partial charge on any atom is 0.329 e. The summed E-state index contributed by atoms with van der Waals surface area (Å²) in [5.41, 5.74) is 0. The molecule has 0 aromatic carbocycles. The van der Waals surface area contributed by atoms with Gasteiger partial charge in [-0.2, -0.15) is 0 Å². The van der Waals surface area contributed by atoms with Gasteiger partial charge in [0.1, 0.15) is 6.61 Å². The number of amides is 2. The molecule has 0 bridgehead atoms. The molecular formula is C18H31N3O5. The summed E-state index contributed by atoms with van der Waals surface area (Å²) < 4.78 is 5.25. The normalized spacial score (nSPS) is 19.3. The maximum atomic E-state index is 12.2. The molecule has 8 heteroatoms. The van der Waals surface area contributed by atoms with Crippen LogP contribution in [0.1, 0.15) is 44.9 Å². The first-order valence-corrected chi connectivity index (χ1v) is 9.63. The molecule has 0 aromatic rings. The monoisotopic (exact) mass is 369 g/mol. The smallest absolute Gasteiger partial charge is 0.329 e. The third-order valence-electron chi connectivity index (χ3n) is 5.15. The zero-order chi connectivity index (χ0) is 18.8. The van der Waals surface area contributed by atoms with Gasteiger partial charge in [-0.25, -0.2) is 4.79 Å². The number of piperidine rings is 2. The number of carbonyl (C=O) groups excluding carboxylic acids is 2. The van der Waals surface area contributed by atoms with E-state index in [4.69, 9.17) is 9.84 Å². The van der Waals surface area contributed by atoms with Crippen molar-refractivity contribution in [2.24, 2.45) is 5.92 Å². The number of carboxylic acid groups (broad SMARTS) is 1. The Balaban J connectivity index is 1.53. The highest BCUT2D eigenvalue weighted by molar-refractivity contribution is 5.84. The van der Waals surface area contributed by atoms with Crippen LogP contribution in [0.2, 0.25) is 0 Å². The molecule has 26 heavy (non-hydrogen) atoms. The van der Waals surface area contributed by atoms with Crippen molar-refractivity contribution < 1.29 is 24.2 Å². The summed E-state index contributed by atoms with van der Waals surface area (Å²) in [5.74, 6) is -0.415. The number of carboxylic acids is 1. The predicted octanol–water partition coefficient (Wildman–Crippen LogP) is 0.365. The third-order valence-corrected chi connectivity index (χ3v) is 5.15. The van der Waals surface area contributed by atoms with Crippen molar-refractivity contribution in [2.45, 2.75) is 51.0 Å². The van der Waals surface area contributed by atoms with Gasteiger partial charge in [0, 0.05) is 19.5 Å². The largest absolute Gasteiger partial charge is 0.480 e. The van der Waals surface area contributed by atoms with Crippen molar-refractivity contribution in [3.05, 3.63) is 0 Å². The minimum Gasteiger partial charge on any atom is -0.480 e. The second kappa shape index (κ2) is 11.1. The minimum atomic E-state index is -0.980. The third kappa shape index (κ3) is 7.70. The summed E-state index contributed by atoms with van der Waals surface area (Å²) in [6.45, 7) is 2.95. The Labute approximate surface area is 154 Å². The van der Waals surface area contributed by atoms with E-state index in [0.717, 1.165) is 31.8 Å². The van der Waals surface area contributed by atoms with E-state index in [0.29, 0.717) is 32.4 Å². The molecule has 2 aliphatic rings. The highest BCUT2D eigenvalue weighted by Crippen LogP contribution is 2.18. The van der Waals surface area contributed by atoms with Gasteiger partial charge in [-0.3, -0.25) is 9.59 Å². The lowest BCUT2D eigenvalue weighted by Gasteiger charge is -2.31. The van der Waals surface area contributed by atoms with Crippen LogP contribution in [0, 0.1) is 5.92 Å². The van der Waals surface area contributed by atoms with Crippen molar-refractivity contribution in [3.63, 3.8) is 0 Å². The topological polar surface area (TPSA) is 108 Å². The maximum absolute atomic E-state index is 12.2. The zero-order valence-corrected chi connectivity index (χ0v) is 15.4. The van der Waals surface area contributed by atoms with E-state index in [1.54, 1.807) is 4.90 Å². The number of rotatable bonds is 9. The van der Waals surface area contributed by atoms with E-state index in [-0.39, 0.29) is 31.1 Å². The van der Waals surface area contributed by atoms with Crippen molar-refractivity contribution >= 4 is 17.8 Å². The molecule has 2 amide bonds. The first-order valence-electron chi connectivity index (χ1n) is 9.63. The summed E-state index contributed by atoms with van der Waals surface area (Å²) in [4.78, 5) is 36.3. The standard InChI is InChI=1S/C18H31N3O5/c22-16(3-1-2-14-4-8-19-9-5-14)20-12-17(23)21-10-6-15(7-11-21)26-13-18(24)25/h14-15,19H,1-13H2,(H,20,22)(H,24,25). The van der Waals surface area contributed by atoms with Crippen molar-refractivity contribution in [3.8, 4) is 0 Å². The fourth-order valence-corrected chi connectivity index (χ4v) is 3.56. The van der Waals surface area contributed by atoms with Crippen molar-refractivity contribution in [2.75, 3.05) is 39.3 Å². The summed E-state index contributed by atoms with van der Waals surface area (Å²) >= 11 is 0. The highest BCUT2D eigenvalue weighted by atomic mass is 16.5. The summed E-state index contributed by atoms with van der Waals surface area (Å²) in [6.07, 6.45) is 5.94. The Morgan fingerprint density at radius 2 is 1.81 bits per heavy atom. The Morgan fingerprint density at radius 1 is 1.12 bits per heavy atom. The SMILES string of the molecule is O=C(O)COC1CCN(C(=O)CNC(=O)CCCC2CCNCC2)CC1. The lowest BCUT2D eigenvalue weighted by molar-refractivity contribution is -0.146. The van der Waals surface area contributed by atoms with E-state index in [2.05, 4.69) is 10.6 Å². The van der Waals surface area contributed by atoms with Crippen molar-refractivity contribution in [1.82, 2.24) is 15.5 Å². The molecule has 2 fully saturated rings. The molecule has 0 spiro atoms. The number of hydrogen-bond acceptors (Lipinski definition) is 5. The average molecular weight is 369 g/mol. The van der Waals surface area contributed by atoms with Crippen LogP contribution < -0.4 is 10.6 Å². The van der Waals surface area contributed by atoms with Gasteiger partial charge in [-0.05, 0) is 57.5 Å². The van der Waals surface area contributed by atoms with Crippen LogP contribution in [-0.2, 0) is 19.1 Å². The van der Waals surface area contributed by atoms with Gasteiger partial charge in [-0.15, -0.1) is 0 Å². The van der Waals surface area contributed by atoms with Gasteiger partial charge in [0.25, 0.3) is 0 Å². The van der Waals surface area contributed by atoms with Gasteiger partial charge in [0.15, 0.2) is 0 Å². The summed E-state index contributed by atoms with van der Waals surface area (Å²) in [6, 6.07) is 0. The fourth-order valence-electron chi connectivity index (χ4n) is 3.56. The Kier molecular flexibility index (Phi) is 8.84. The van der Waals surface area contributed by atoms with E-state index in [9.17, 15) is 14.4 Å². The second-order valence-electron chi connectivity index (χ2n) is 7.15. The molecule has 8 nitrogen and oxygen atoms in total. The van der Waals surface area contributed by atoms with Gasteiger partial charge in [0.05, 0.1) is 12.6 Å². The van der Waals surface area contributed by atoms with E-state index < -0.39 is 5.97 Å². The lowest BCUT2D eigenvalue weighted by atomic mass is 9.92. The zero-order valence-electron chi connectivity index (χ0n) is 15.4. The quantitative estimate of drug-likeness (QED) is 0.542. The minimum absolute atomic E-state index is 0.0346. The molecule has 2 saturated heterocycles. The number of likely N-dealkylation sites (tertiary alicyclic amines) is 1. The second-order valence-corrected chi connectivity index (χ2v) is 7.15. The summed E-state index contributed by atoms with van der Waals surface area (Å²) in [5, 5.41) is 14.7. The van der Waals surface area contributed by atoms with Crippen LogP contribution in [0.3, 0.4) is 0 Å². The average Bonchev–Trinajstić information content (AvgIpc) is 2.65. The first kappa shape index (κ1) is 20.6.